The lowest BCUT2D eigenvalue weighted by atomic mass is 9.68. The molecule has 238 valence electrons. The van der Waals surface area contributed by atoms with Gasteiger partial charge in [0.2, 0.25) is 0 Å². The Morgan fingerprint density at radius 2 is 1.12 bits per heavy atom. The van der Waals surface area contributed by atoms with Crippen LogP contribution >= 0.6 is 0 Å². The molecule has 4 nitrogen and oxygen atoms in total. The first-order valence-electron chi connectivity index (χ1n) is 16.7. The topological polar surface area (TPSA) is 68.3 Å². The molecule has 50 heavy (non-hydrogen) atoms. The summed E-state index contributed by atoms with van der Waals surface area (Å²) in [7, 11) is 0. The molecule has 9 rings (SSSR count). The second kappa shape index (κ2) is 11.8. The van der Waals surface area contributed by atoms with Gasteiger partial charge in [0, 0.05) is 11.3 Å². The van der Waals surface area contributed by atoms with Gasteiger partial charge in [0.25, 0.3) is 0 Å². The smallest absolute Gasteiger partial charge is 0.178 e. The molecule has 1 aliphatic heterocycles. The third kappa shape index (κ3) is 4.65. The maximum absolute atomic E-state index is 8.61. The van der Waals surface area contributed by atoms with E-state index in [4.69, 9.17) is 20.6 Å². The van der Waals surface area contributed by atoms with E-state index in [9.17, 15) is 0 Å². The van der Waals surface area contributed by atoms with Crippen molar-refractivity contribution in [3.8, 4) is 45.3 Å². The number of rotatable bonds is 6. The van der Waals surface area contributed by atoms with Gasteiger partial charge in [-0.3, -0.25) is 0 Å². The fraction of sp³-hybridized carbons (Fsp3) is 0.0217. The first-order valence-corrected chi connectivity index (χ1v) is 16.7. The van der Waals surface area contributed by atoms with Gasteiger partial charge < -0.3 is 20.6 Å². The van der Waals surface area contributed by atoms with E-state index in [0.717, 1.165) is 39.1 Å². The van der Waals surface area contributed by atoms with Crippen LogP contribution in [0.4, 0.5) is 0 Å². The van der Waals surface area contributed by atoms with E-state index in [1.807, 2.05) is 72.8 Å². The number of hydrogen-bond acceptors (Lipinski definition) is 4. The monoisotopic (exact) mass is 644 g/mol. The van der Waals surface area contributed by atoms with Gasteiger partial charge in [-0.2, -0.15) is 0 Å². The fourth-order valence-electron chi connectivity index (χ4n) is 7.54. The fourth-order valence-corrected chi connectivity index (χ4v) is 7.54. The molecule has 0 amide bonds. The standard InChI is InChI=1S/C46H32N2O2/c47-39(31-12-4-1-5-13-31)29-40(48)32-22-20-30(21-23-32)33-24-26-41-43(28-33)49-42-27-25-38-44(45(42)50-41)36-18-10-11-19-37(36)46(38,34-14-6-2-7-15-34)35-16-8-3-9-17-35/h1-29,48H,47H2/b39-29-,48-40?. The van der Waals surface area contributed by atoms with Gasteiger partial charge in [-0.1, -0.05) is 152 Å². The predicted octanol–water partition coefficient (Wildman–Crippen LogP) is 11.0. The normalized spacial score (nSPS) is 13.6. The molecule has 4 heteroatoms. The Bertz CT molecular complexity index is 2390. The van der Waals surface area contributed by atoms with Crippen LogP contribution in [0.5, 0.6) is 23.0 Å². The minimum Gasteiger partial charge on any atom is -0.449 e. The highest BCUT2D eigenvalue weighted by Crippen LogP contribution is 2.62. The van der Waals surface area contributed by atoms with Crippen LogP contribution in [0.2, 0.25) is 0 Å². The highest BCUT2D eigenvalue weighted by molar-refractivity contribution is 6.10. The predicted molar refractivity (Wildman–Crippen MR) is 201 cm³/mol. The van der Waals surface area contributed by atoms with Crippen molar-refractivity contribution in [2.75, 3.05) is 0 Å². The van der Waals surface area contributed by atoms with Crippen molar-refractivity contribution >= 4 is 11.4 Å². The van der Waals surface area contributed by atoms with E-state index in [-0.39, 0.29) is 0 Å². The van der Waals surface area contributed by atoms with Crippen LogP contribution in [0.3, 0.4) is 0 Å². The van der Waals surface area contributed by atoms with Crippen LogP contribution in [0, 0.1) is 5.41 Å². The number of fused-ring (bicyclic) bond motifs is 6. The number of nitrogens with one attached hydrogen (secondary N) is 1. The minimum absolute atomic E-state index is 0.356. The van der Waals surface area contributed by atoms with Crippen molar-refractivity contribution in [1.82, 2.24) is 0 Å². The number of allylic oxidation sites excluding steroid dienone is 1. The molecule has 0 unspecified atom stereocenters. The van der Waals surface area contributed by atoms with Crippen molar-refractivity contribution in [2.24, 2.45) is 5.73 Å². The SMILES string of the molecule is N=C(/C=C(\N)c1ccccc1)c1ccc(-c2ccc3c(c2)Oc2ccc4c(c2O3)-c2ccccc2C4(c2ccccc2)c2ccccc2)cc1. The number of hydrogen-bond donors (Lipinski definition) is 2. The molecular weight excluding hydrogens is 613 g/mol. The van der Waals surface area contributed by atoms with E-state index >= 15 is 0 Å². The Kier molecular flexibility index (Phi) is 6.96. The van der Waals surface area contributed by atoms with Crippen LogP contribution < -0.4 is 15.2 Å². The third-order valence-electron chi connectivity index (χ3n) is 9.85. The van der Waals surface area contributed by atoms with Crippen LogP contribution in [0.15, 0.2) is 176 Å². The first kappa shape index (κ1) is 29.5. The highest BCUT2D eigenvalue weighted by Gasteiger charge is 2.48. The molecule has 0 radical (unpaired) electrons. The lowest BCUT2D eigenvalue weighted by molar-refractivity contribution is 0.360. The van der Waals surface area contributed by atoms with E-state index in [0.29, 0.717) is 28.7 Å². The van der Waals surface area contributed by atoms with Crippen molar-refractivity contribution in [3.05, 3.63) is 209 Å². The number of benzene rings is 7. The Morgan fingerprint density at radius 3 is 1.82 bits per heavy atom. The molecule has 2 aliphatic rings. The van der Waals surface area contributed by atoms with Gasteiger partial charge in [-0.25, -0.2) is 0 Å². The molecule has 7 aromatic rings. The Hall–Kier alpha value is -6.65. The molecule has 0 aromatic heterocycles. The Balaban J connectivity index is 1.07. The molecule has 0 bridgehead atoms. The summed E-state index contributed by atoms with van der Waals surface area (Å²) in [5.74, 6) is 2.75. The number of nitrogens with two attached hydrogens (primary N) is 1. The summed E-state index contributed by atoms with van der Waals surface area (Å²) in [6.07, 6.45) is 1.70. The van der Waals surface area contributed by atoms with Gasteiger partial charge in [-0.15, -0.1) is 0 Å². The average Bonchev–Trinajstić information content (AvgIpc) is 3.49. The summed E-state index contributed by atoms with van der Waals surface area (Å²) in [6.45, 7) is 0. The molecule has 7 aromatic carbocycles. The lowest BCUT2D eigenvalue weighted by Gasteiger charge is -2.34. The first-order chi connectivity index (χ1) is 24.6. The maximum Gasteiger partial charge on any atom is 0.178 e. The van der Waals surface area contributed by atoms with E-state index < -0.39 is 5.41 Å². The summed E-state index contributed by atoms with van der Waals surface area (Å²) in [5.41, 5.74) is 17.4. The van der Waals surface area contributed by atoms with Crippen molar-refractivity contribution in [1.29, 1.82) is 5.41 Å². The highest BCUT2D eigenvalue weighted by atomic mass is 16.6. The molecule has 3 N–H and O–H groups in total. The van der Waals surface area contributed by atoms with Gasteiger partial charge >= 0.3 is 0 Å². The van der Waals surface area contributed by atoms with Gasteiger partial charge in [0.15, 0.2) is 23.0 Å². The molecule has 1 aliphatic carbocycles. The third-order valence-corrected chi connectivity index (χ3v) is 9.85. The second-order valence-corrected chi connectivity index (χ2v) is 12.7. The van der Waals surface area contributed by atoms with Gasteiger partial charge in [0.05, 0.1) is 11.1 Å². The zero-order valence-corrected chi connectivity index (χ0v) is 27.1. The minimum atomic E-state index is -0.511. The van der Waals surface area contributed by atoms with Crippen LogP contribution in [-0.4, -0.2) is 5.71 Å². The zero-order valence-electron chi connectivity index (χ0n) is 27.1. The summed E-state index contributed by atoms with van der Waals surface area (Å²) in [5, 5.41) is 8.61. The number of ether oxygens (including phenoxy) is 2. The zero-order chi connectivity index (χ0) is 33.7. The van der Waals surface area contributed by atoms with Crippen molar-refractivity contribution in [3.63, 3.8) is 0 Å². The van der Waals surface area contributed by atoms with Gasteiger partial charge in [0.1, 0.15) is 0 Å². The maximum atomic E-state index is 8.61. The summed E-state index contributed by atoms with van der Waals surface area (Å²) >= 11 is 0. The lowest BCUT2D eigenvalue weighted by Crippen LogP contribution is -2.28. The van der Waals surface area contributed by atoms with Crippen LogP contribution in [0.1, 0.15) is 33.4 Å². The molecule has 0 fully saturated rings. The molecule has 0 spiro atoms. The van der Waals surface area contributed by atoms with Crippen molar-refractivity contribution in [2.45, 2.75) is 5.41 Å². The largest absolute Gasteiger partial charge is 0.449 e. The second-order valence-electron chi connectivity index (χ2n) is 12.7. The van der Waals surface area contributed by atoms with E-state index in [1.54, 1.807) is 6.08 Å². The molecule has 0 atom stereocenters. The quantitative estimate of drug-likeness (QED) is 0.177. The molecule has 1 heterocycles. The Labute approximate surface area is 291 Å². The van der Waals surface area contributed by atoms with Crippen molar-refractivity contribution < 1.29 is 9.47 Å². The Morgan fingerprint density at radius 1 is 0.520 bits per heavy atom. The van der Waals surface area contributed by atoms with E-state index in [1.165, 1.54) is 22.3 Å². The van der Waals surface area contributed by atoms with Crippen LogP contribution in [0.25, 0.3) is 28.0 Å². The van der Waals surface area contributed by atoms with Crippen LogP contribution in [-0.2, 0) is 5.41 Å². The molecule has 0 saturated heterocycles. The summed E-state index contributed by atoms with van der Waals surface area (Å²) in [4.78, 5) is 0. The average molecular weight is 645 g/mol. The van der Waals surface area contributed by atoms with E-state index in [2.05, 4.69) is 97.1 Å². The van der Waals surface area contributed by atoms with Gasteiger partial charge in [-0.05, 0) is 74.3 Å². The summed E-state index contributed by atoms with van der Waals surface area (Å²) in [6, 6.07) is 58.1. The molecular formula is C46H32N2O2. The molecule has 0 saturated carbocycles. The summed E-state index contributed by atoms with van der Waals surface area (Å²) < 4.78 is 13.4.